The number of nitrogen functional groups attached to an aromatic ring is 1. The summed E-state index contributed by atoms with van der Waals surface area (Å²) in [7, 11) is 1.40. The third kappa shape index (κ3) is 2.42. The van der Waals surface area contributed by atoms with Crippen LogP contribution in [0.1, 0.15) is 16.8 Å². The molecule has 0 atom stereocenters. The Kier molecular flexibility index (Phi) is 3.50. The molecule has 1 aromatic heterocycles. The number of nitrogens with two attached hydrogens (primary N) is 1. The van der Waals surface area contributed by atoms with Crippen LogP contribution in [0.5, 0.6) is 0 Å². The summed E-state index contributed by atoms with van der Waals surface area (Å²) in [6.07, 6.45) is 0. The molecule has 6 heteroatoms. The number of methoxy groups -OCH3 is 1. The molecule has 0 spiro atoms. The Balaban J connectivity index is 2.37. The molecule has 0 amide bonds. The summed E-state index contributed by atoms with van der Waals surface area (Å²) in [6, 6.07) is 6.44. The van der Waals surface area contributed by atoms with E-state index in [1.165, 1.54) is 17.9 Å². The lowest BCUT2D eigenvalue weighted by atomic mass is 10.2. The van der Waals surface area contributed by atoms with Crippen molar-refractivity contribution in [2.75, 3.05) is 12.8 Å². The van der Waals surface area contributed by atoms with Gasteiger partial charge in [-0.15, -0.1) is 0 Å². The van der Waals surface area contributed by atoms with E-state index in [0.717, 1.165) is 0 Å². The van der Waals surface area contributed by atoms with E-state index in [0.29, 0.717) is 22.6 Å². The summed E-state index contributed by atoms with van der Waals surface area (Å²) in [6.45, 7) is 1.97. The zero-order valence-corrected chi connectivity index (χ0v) is 10.8. The first-order valence-corrected chi connectivity index (χ1v) is 5.73. The maximum Gasteiger partial charge on any atom is 0.234 e. The van der Waals surface area contributed by atoms with Crippen molar-refractivity contribution in [2.24, 2.45) is 0 Å². The molecule has 0 aliphatic heterocycles. The Labute approximate surface area is 110 Å². The number of ether oxygens (including phenoxy) is 1. The van der Waals surface area contributed by atoms with E-state index in [2.05, 4.69) is 5.10 Å². The van der Waals surface area contributed by atoms with Gasteiger partial charge < -0.3 is 10.5 Å². The Morgan fingerprint density at radius 2 is 2.16 bits per heavy atom. The number of anilines is 1. The first kappa shape index (κ1) is 13.1. The number of aromatic nitrogens is 2. The zero-order chi connectivity index (χ0) is 14.0. The molecule has 100 valence electrons. The fraction of sp³-hybridized carbons (Fsp3) is 0.231. The number of halogens is 1. The predicted octanol–water partition coefficient (Wildman–Crippen LogP) is 1.93. The number of benzene rings is 1. The topological polar surface area (TPSA) is 76.9 Å². The van der Waals surface area contributed by atoms with Crippen LogP contribution in [0, 0.1) is 18.2 Å². The van der Waals surface area contributed by atoms with Crippen molar-refractivity contribution in [3.63, 3.8) is 0 Å². The highest BCUT2D eigenvalue weighted by molar-refractivity contribution is 5.92. The molecule has 2 rings (SSSR count). The standard InChI is InChI=1S/C13H15FN4O/c1-8-11(13(16)19-2)17-18(12(8)15)7-9-5-3-4-6-10(9)14/h3-6,16H,7,15H2,1-2H3. The van der Waals surface area contributed by atoms with Gasteiger partial charge in [0.25, 0.3) is 0 Å². The van der Waals surface area contributed by atoms with Crippen LogP contribution < -0.4 is 5.73 Å². The lowest BCUT2D eigenvalue weighted by molar-refractivity contribution is 0.398. The maximum absolute atomic E-state index is 13.6. The van der Waals surface area contributed by atoms with Gasteiger partial charge in [0, 0.05) is 11.1 Å². The molecule has 0 saturated heterocycles. The van der Waals surface area contributed by atoms with Crippen LogP contribution in [0.2, 0.25) is 0 Å². The molecule has 0 aliphatic rings. The maximum atomic E-state index is 13.6. The minimum atomic E-state index is -0.307. The molecular weight excluding hydrogens is 247 g/mol. The highest BCUT2D eigenvalue weighted by Crippen LogP contribution is 2.18. The molecule has 0 fully saturated rings. The van der Waals surface area contributed by atoms with E-state index in [-0.39, 0.29) is 18.3 Å². The highest BCUT2D eigenvalue weighted by atomic mass is 19.1. The van der Waals surface area contributed by atoms with Gasteiger partial charge in [0.1, 0.15) is 11.6 Å². The smallest absolute Gasteiger partial charge is 0.234 e. The molecule has 0 saturated carbocycles. The van der Waals surface area contributed by atoms with E-state index in [1.807, 2.05) is 0 Å². The molecule has 0 unspecified atom stereocenters. The van der Waals surface area contributed by atoms with Crippen molar-refractivity contribution < 1.29 is 9.13 Å². The summed E-state index contributed by atoms with van der Waals surface area (Å²) < 4.78 is 19.9. The summed E-state index contributed by atoms with van der Waals surface area (Å²) >= 11 is 0. The molecule has 1 heterocycles. The molecule has 5 nitrogen and oxygen atoms in total. The largest absolute Gasteiger partial charge is 0.480 e. The molecule has 19 heavy (non-hydrogen) atoms. The van der Waals surface area contributed by atoms with E-state index >= 15 is 0 Å². The second-order valence-corrected chi connectivity index (χ2v) is 4.14. The Morgan fingerprint density at radius 3 is 2.79 bits per heavy atom. The molecular formula is C13H15FN4O. The predicted molar refractivity (Wildman–Crippen MR) is 70.7 cm³/mol. The summed E-state index contributed by atoms with van der Waals surface area (Å²) in [5, 5.41) is 11.8. The van der Waals surface area contributed by atoms with Gasteiger partial charge in [-0.25, -0.2) is 9.07 Å². The van der Waals surface area contributed by atoms with Gasteiger partial charge in [-0.2, -0.15) is 5.10 Å². The van der Waals surface area contributed by atoms with Gasteiger partial charge in [-0.05, 0) is 13.0 Å². The monoisotopic (exact) mass is 262 g/mol. The summed E-state index contributed by atoms with van der Waals surface area (Å²) in [4.78, 5) is 0. The third-order valence-corrected chi connectivity index (χ3v) is 2.94. The van der Waals surface area contributed by atoms with E-state index in [9.17, 15) is 4.39 Å². The van der Waals surface area contributed by atoms with Gasteiger partial charge in [0.15, 0.2) is 5.69 Å². The van der Waals surface area contributed by atoms with Crippen molar-refractivity contribution in [2.45, 2.75) is 13.5 Å². The minimum Gasteiger partial charge on any atom is -0.480 e. The molecule has 0 aliphatic carbocycles. The summed E-state index contributed by atoms with van der Waals surface area (Å²) in [5.41, 5.74) is 7.44. The van der Waals surface area contributed by atoms with Gasteiger partial charge in [-0.3, -0.25) is 5.41 Å². The van der Waals surface area contributed by atoms with Gasteiger partial charge in [0.05, 0.1) is 13.7 Å². The minimum absolute atomic E-state index is 0.0588. The van der Waals surface area contributed by atoms with Gasteiger partial charge in [0.2, 0.25) is 5.90 Å². The van der Waals surface area contributed by atoms with Crippen molar-refractivity contribution in [3.8, 4) is 0 Å². The Bertz CT molecular complexity index is 621. The van der Waals surface area contributed by atoms with Crippen LogP contribution in [-0.2, 0) is 11.3 Å². The lowest BCUT2D eigenvalue weighted by Gasteiger charge is -2.05. The third-order valence-electron chi connectivity index (χ3n) is 2.94. The number of nitrogens with zero attached hydrogens (tertiary/aromatic N) is 2. The molecule has 0 bridgehead atoms. The second kappa shape index (κ2) is 5.09. The number of nitrogens with one attached hydrogen (secondary N) is 1. The fourth-order valence-electron chi connectivity index (χ4n) is 1.79. The van der Waals surface area contributed by atoms with Crippen molar-refractivity contribution >= 4 is 11.7 Å². The van der Waals surface area contributed by atoms with Crippen LogP contribution >= 0.6 is 0 Å². The average Bonchev–Trinajstić information content (AvgIpc) is 2.69. The normalized spacial score (nSPS) is 10.5. The second-order valence-electron chi connectivity index (χ2n) is 4.14. The molecule has 1 aromatic carbocycles. The first-order valence-electron chi connectivity index (χ1n) is 5.73. The molecule has 3 N–H and O–H groups in total. The number of hydrogen-bond donors (Lipinski definition) is 2. The van der Waals surface area contributed by atoms with E-state index in [4.69, 9.17) is 15.9 Å². The number of hydrogen-bond acceptors (Lipinski definition) is 4. The molecule has 2 aromatic rings. The van der Waals surface area contributed by atoms with Crippen LogP contribution in [-0.4, -0.2) is 22.8 Å². The van der Waals surface area contributed by atoms with E-state index in [1.54, 1.807) is 25.1 Å². The van der Waals surface area contributed by atoms with Gasteiger partial charge >= 0.3 is 0 Å². The first-order chi connectivity index (χ1) is 9.04. The van der Waals surface area contributed by atoms with Crippen molar-refractivity contribution in [1.82, 2.24) is 9.78 Å². The van der Waals surface area contributed by atoms with Crippen LogP contribution in [0.4, 0.5) is 10.2 Å². The molecule has 0 radical (unpaired) electrons. The Morgan fingerprint density at radius 1 is 1.47 bits per heavy atom. The fourth-order valence-corrected chi connectivity index (χ4v) is 1.79. The number of rotatable bonds is 3. The summed E-state index contributed by atoms with van der Waals surface area (Å²) in [5.74, 6) is 0.0370. The highest BCUT2D eigenvalue weighted by Gasteiger charge is 2.16. The van der Waals surface area contributed by atoms with Crippen LogP contribution in [0.25, 0.3) is 0 Å². The van der Waals surface area contributed by atoms with Crippen LogP contribution in [0.3, 0.4) is 0 Å². The quantitative estimate of drug-likeness (QED) is 0.655. The van der Waals surface area contributed by atoms with Crippen molar-refractivity contribution in [1.29, 1.82) is 5.41 Å². The van der Waals surface area contributed by atoms with Gasteiger partial charge in [-0.1, -0.05) is 18.2 Å². The van der Waals surface area contributed by atoms with E-state index < -0.39 is 0 Å². The Hall–Kier alpha value is -2.37. The zero-order valence-electron chi connectivity index (χ0n) is 10.8. The SMILES string of the molecule is COC(=N)c1nn(Cc2ccccc2F)c(N)c1C. The average molecular weight is 262 g/mol. The lowest BCUT2D eigenvalue weighted by Crippen LogP contribution is -2.09. The van der Waals surface area contributed by atoms with Crippen molar-refractivity contribution in [3.05, 3.63) is 46.9 Å². The van der Waals surface area contributed by atoms with Crippen LogP contribution in [0.15, 0.2) is 24.3 Å².